The molecule has 0 spiro atoms. The number of carbonyl (C=O) groups is 2. The number of rotatable bonds is 3. The van der Waals surface area contributed by atoms with Crippen LogP contribution in [-0.2, 0) is 16.0 Å². The van der Waals surface area contributed by atoms with Gasteiger partial charge in [0.15, 0.2) is 0 Å². The SMILES string of the molecule is Cc1ccccc1CC(=O)N1CCN(C(=O)C2CNC2)CC1.Cl. The number of benzene rings is 1. The maximum Gasteiger partial charge on any atom is 0.228 e. The molecular weight excluding hydrogens is 314 g/mol. The van der Waals surface area contributed by atoms with Crippen LogP contribution in [0.3, 0.4) is 0 Å². The zero-order valence-electron chi connectivity index (χ0n) is 13.5. The molecule has 0 bridgehead atoms. The molecule has 3 rings (SSSR count). The van der Waals surface area contributed by atoms with Crippen molar-refractivity contribution < 1.29 is 9.59 Å². The average molecular weight is 338 g/mol. The zero-order chi connectivity index (χ0) is 15.5. The minimum Gasteiger partial charge on any atom is -0.339 e. The second-order valence-corrected chi connectivity index (χ2v) is 6.16. The van der Waals surface area contributed by atoms with Crippen LogP contribution in [0.25, 0.3) is 0 Å². The van der Waals surface area contributed by atoms with E-state index in [1.807, 2.05) is 41.0 Å². The Hall–Kier alpha value is -1.59. The van der Waals surface area contributed by atoms with Gasteiger partial charge in [0.2, 0.25) is 11.8 Å². The zero-order valence-corrected chi connectivity index (χ0v) is 14.3. The van der Waals surface area contributed by atoms with Crippen LogP contribution < -0.4 is 5.32 Å². The van der Waals surface area contributed by atoms with Gasteiger partial charge < -0.3 is 15.1 Å². The van der Waals surface area contributed by atoms with Crippen molar-refractivity contribution in [1.82, 2.24) is 15.1 Å². The van der Waals surface area contributed by atoms with Crippen LogP contribution in [0.15, 0.2) is 24.3 Å². The minimum atomic E-state index is 0. The highest BCUT2D eigenvalue weighted by atomic mass is 35.5. The van der Waals surface area contributed by atoms with E-state index in [-0.39, 0.29) is 30.1 Å². The highest BCUT2D eigenvalue weighted by Gasteiger charge is 2.31. The fourth-order valence-electron chi connectivity index (χ4n) is 2.98. The first-order valence-corrected chi connectivity index (χ1v) is 7.97. The van der Waals surface area contributed by atoms with Crippen LogP contribution >= 0.6 is 12.4 Å². The van der Waals surface area contributed by atoms with Crippen molar-refractivity contribution in [3.8, 4) is 0 Å². The van der Waals surface area contributed by atoms with E-state index in [2.05, 4.69) is 5.32 Å². The van der Waals surface area contributed by atoms with E-state index < -0.39 is 0 Å². The Morgan fingerprint density at radius 2 is 1.70 bits per heavy atom. The fourth-order valence-corrected chi connectivity index (χ4v) is 2.98. The summed E-state index contributed by atoms with van der Waals surface area (Å²) in [5.74, 6) is 0.547. The smallest absolute Gasteiger partial charge is 0.228 e. The molecule has 2 amide bonds. The van der Waals surface area contributed by atoms with E-state index in [1.54, 1.807) is 0 Å². The van der Waals surface area contributed by atoms with E-state index in [4.69, 9.17) is 0 Å². The summed E-state index contributed by atoms with van der Waals surface area (Å²) in [4.78, 5) is 28.4. The highest BCUT2D eigenvalue weighted by molar-refractivity contribution is 5.85. The molecule has 2 aliphatic rings. The van der Waals surface area contributed by atoms with Gasteiger partial charge in [-0.15, -0.1) is 12.4 Å². The topological polar surface area (TPSA) is 52.7 Å². The summed E-state index contributed by atoms with van der Waals surface area (Å²) in [5, 5.41) is 3.13. The van der Waals surface area contributed by atoms with Crippen LogP contribution in [0.1, 0.15) is 11.1 Å². The van der Waals surface area contributed by atoms with E-state index in [1.165, 1.54) is 0 Å². The van der Waals surface area contributed by atoms with Gasteiger partial charge in [-0.25, -0.2) is 0 Å². The van der Waals surface area contributed by atoms with E-state index >= 15 is 0 Å². The van der Waals surface area contributed by atoms with Crippen molar-refractivity contribution in [2.75, 3.05) is 39.3 Å². The fraction of sp³-hybridized carbons (Fsp3) is 0.529. The third-order valence-electron chi connectivity index (χ3n) is 4.68. The number of hydrogen-bond acceptors (Lipinski definition) is 3. The van der Waals surface area contributed by atoms with E-state index in [9.17, 15) is 9.59 Å². The van der Waals surface area contributed by atoms with Gasteiger partial charge in [-0.1, -0.05) is 24.3 Å². The summed E-state index contributed by atoms with van der Waals surface area (Å²) in [5.41, 5.74) is 2.24. The number of nitrogens with one attached hydrogen (secondary N) is 1. The van der Waals surface area contributed by atoms with Crippen molar-refractivity contribution in [3.63, 3.8) is 0 Å². The van der Waals surface area contributed by atoms with Gasteiger partial charge in [0.1, 0.15) is 0 Å². The number of piperazine rings is 1. The molecule has 6 heteroatoms. The molecule has 23 heavy (non-hydrogen) atoms. The molecule has 0 aliphatic carbocycles. The van der Waals surface area contributed by atoms with Crippen LogP contribution in [0, 0.1) is 12.8 Å². The van der Waals surface area contributed by atoms with Gasteiger partial charge in [-0.3, -0.25) is 9.59 Å². The predicted octanol–water partition coefficient (Wildman–Crippen LogP) is 0.850. The summed E-state index contributed by atoms with van der Waals surface area (Å²) in [6, 6.07) is 8.00. The number of amides is 2. The number of nitrogens with zero attached hydrogens (tertiary/aromatic N) is 2. The molecule has 1 aromatic carbocycles. The Kier molecular flexibility index (Phi) is 6.02. The lowest BCUT2D eigenvalue weighted by molar-refractivity contribution is -0.143. The minimum absolute atomic E-state index is 0. The van der Waals surface area contributed by atoms with Gasteiger partial charge in [0, 0.05) is 39.3 Å². The first kappa shape index (κ1) is 17.8. The van der Waals surface area contributed by atoms with Crippen LogP contribution in [-0.4, -0.2) is 60.9 Å². The molecule has 0 aromatic heterocycles. The van der Waals surface area contributed by atoms with Crippen LogP contribution in [0.5, 0.6) is 0 Å². The third-order valence-corrected chi connectivity index (χ3v) is 4.68. The molecule has 2 fully saturated rings. The number of halogens is 1. The molecule has 126 valence electrons. The lowest BCUT2D eigenvalue weighted by atomic mass is 10.0. The maximum atomic E-state index is 12.4. The molecular formula is C17H24ClN3O2. The highest BCUT2D eigenvalue weighted by Crippen LogP contribution is 2.13. The van der Waals surface area contributed by atoms with Crippen molar-refractivity contribution in [2.45, 2.75) is 13.3 Å². The van der Waals surface area contributed by atoms with Crippen LogP contribution in [0.2, 0.25) is 0 Å². The molecule has 0 atom stereocenters. The van der Waals surface area contributed by atoms with Gasteiger partial charge in [-0.2, -0.15) is 0 Å². The first-order valence-electron chi connectivity index (χ1n) is 7.97. The van der Waals surface area contributed by atoms with Gasteiger partial charge in [-0.05, 0) is 18.1 Å². The van der Waals surface area contributed by atoms with E-state index in [0.29, 0.717) is 32.6 Å². The molecule has 5 nitrogen and oxygen atoms in total. The Morgan fingerprint density at radius 1 is 1.09 bits per heavy atom. The normalized spacial score (nSPS) is 18.1. The second kappa shape index (κ2) is 7.79. The molecule has 0 saturated carbocycles. The van der Waals surface area contributed by atoms with Crippen molar-refractivity contribution in [2.24, 2.45) is 5.92 Å². The molecule has 0 unspecified atom stereocenters. The summed E-state index contributed by atoms with van der Waals surface area (Å²) < 4.78 is 0. The number of carbonyl (C=O) groups excluding carboxylic acids is 2. The lowest BCUT2D eigenvalue weighted by Gasteiger charge is -2.38. The monoisotopic (exact) mass is 337 g/mol. The van der Waals surface area contributed by atoms with Gasteiger partial charge in [0.25, 0.3) is 0 Å². The van der Waals surface area contributed by atoms with E-state index in [0.717, 1.165) is 24.2 Å². The van der Waals surface area contributed by atoms with Gasteiger partial charge >= 0.3 is 0 Å². The van der Waals surface area contributed by atoms with Crippen molar-refractivity contribution in [1.29, 1.82) is 0 Å². The third kappa shape index (κ3) is 4.03. The molecule has 0 radical (unpaired) electrons. The second-order valence-electron chi connectivity index (χ2n) is 6.16. The predicted molar refractivity (Wildman–Crippen MR) is 91.7 cm³/mol. The summed E-state index contributed by atoms with van der Waals surface area (Å²) in [6.07, 6.45) is 0.452. The largest absolute Gasteiger partial charge is 0.339 e. The Labute approximate surface area is 143 Å². The summed E-state index contributed by atoms with van der Waals surface area (Å²) >= 11 is 0. The lowest BCUT2D eigenvalue weighted by Crippen LogP contribution is -2.57. The first-order chi connectivity index (χ1) is 10.6. The number of aryl methyl sites for hydroxylation is 1. The molecule has 2 heterocycles. The summed E-state index contributed by atoms with van der Waals surface area (Å²) in [7, 11) is 0. The van der Waals surface area contributed by atoms with Gasteiger partial charge in [0.05, 0.1) is 12.3 Å². The quantitative estimate of drug-likeness (QED) is 0.889. The maximum absolute atomic E-state index is 12.4. The standard InChI is InChI=1S/C17H23N3O2.ClH/c1-13-4-2-3-5-14(13)10-16(21)19-6-8-20(9-7-19)17(22)15-11-18-12-15;/h2-5,15,18H,6-12H2,1H3;1H. The molecule has 1 N–H and O–H groups in total. The Morgan fingerprint density at radius 3 is 2.26 bits per heavy atom. The molecule has 2 saturated heterocycles. The molecule has 1 aromatic rings. The molecule has 2 aliphatic heterocycles. The number of hydrogen-bond donors (Lipinski definition) is 1. The Bertz CT molecular complexity index is 567. The van der Waals surface area contributed by atoms with Crippen molar-refractivity contribution >= 4 is 24.2 Å². The average Bonchev–Trinajstić information content (AvgIpc) is 2.48. The van der Waals surface area contributed by atoms with Crippen LogP contribution in [0.4, 0.5) is 0 Å². The summed E-state index contributed by atoms with van der Waals surface area (Å²) in [6.45, 7) is 6.25. The Balaban J connectivity index is 0.00000192. The van der Waals surface area contributed by atoms with Crippen molar-refractivity contribution in [3.05, 3.63) is 35.4 Å².